The lowest BCUT2D eigenvalue weighted by atomic mass is 9.81. The number of nitrogens with two attached hydrogens (primary N) is 1. The summed E-state index contributed by atoms with van der Waals surface area (Å²) < 4.78 is 0. The van der Waals surface area contributed by atoms with Gasteiger partial charge < -0.3 is 11.1 Å². The Kier molecular flexibility index (Phi) is 8.67. The van der Waals surface area contributed by atoms with Gasteiger partial charge in [0.2, 0.25) is 5.91 Å². The summed E-state index contributed by atoms with van der Waals surface area (Å²) in [5.41, 5.74) is 5.32. The Labute approximate surface area is 124 Å². The smallest absolute Gasteiger partial charge is 0.239 e. The van der Waals surface area contributed by atoms with Crippen molar-refractivity contribution in [1.82, 2.24) is 5.32 Å². The Morgan fingerprint density at radius 2 is 1.74 bits per heavy atom. The fraction of sp³-hybridized carbons (Fsp3) is 0.933. The first kappa shape index (κ1) is 18.7. The summed E-state index contributed by atoms with van der Waals surface area (Å²) in [4.78, 5) is 12.0. The highest BCUT2D eigenvalue weighted by Gasteiger charge is 2.28. The number of carbonyl (C=O) groups is 1. The second-order valence-corrected chi connectivity index (χ2v) is 6.17. The molecule has 0 aliphatic heterocycles. The number of nitrogens with one attached hydrogen (secondary N) is 1. The molecule has 0 heterocycles. The highest BCUT2D eigenvalue weighted by molar-refractivity contribution is 5.85. The molecular weight excluding hydrogens is 260 g/mol. The molecular formula is C15H31ClN2O. The van der Waals surface area contributed by atoms with Crippen molar-refractivity contribution in [3.63, 3.8) is 0 Å². The normalized spacial score (nSPS) is 26.1. The summed E-state index contributed by atoms with van der Waals surface area (Å²) >= 11 is 0. The predicted octanol–water partition coefficient (Wildman–Crippen LogP) is 3.26. The summed E-state index contributed by atoms with van der Waals surface area (Å²) in [5.74, 6) is 1.59. The Hall–Kier alpha value is -0.280. The van der Waals surface area contributed by atoms with Crippen molar-refractivity contribution in [2.75, 3.05) is 6.54 Å². The first-order chi connectivity index (χ1) is 8.49. The molecule has 0 saturated heterocycles. The number of carbonyl (C=O) groups excluding carboxylic acids is 1. The minimum Gasteiger partial charge on any atom is -0.354 e. The monoisotopic (exact) mass is 290 g/mol. The molecule has 0 aromatic carbocycles. The first-order valence-corrected chi connectivity index (χ1v) is 7.56. The van der Waals surface area contributed by atoms with Gasteiger partial charge in [-0.15, -0.1) is 12.4 Å². The van der Waals surface area contributed by atoms with Crippen LogP contribution in [0.2, 0.25) is 0 Å². The van der Waals surface area contributed by atoms with Gasteiger partial charge in [0.25, 0.3) is 0 Å². The van der Waals surface area contributed by atoms with Gasteiger partial charge in [-0.05, 0) is 38.0 Å². The van der Waals surface area contributed by atoms with E-state index in [4.69, 9.17) is 5.73 Å². The van der Waals surface area contributed by atoms with Gasteiger partial charge in [-0.3, -0.25) is 4.79 Å². The zero-order chi connectivity index (χ0) is 13.6. The molecule has 0 bridgehead atoms. The lowest BCUT2D eigenvalue weighted by molar-refractivity contribution is -0.126. The average molecular weight is 291 g/mol. The highest BCUT2D eigenvalue weighted by Crippen LogP contribution is 2.30. The van der Waals surface area contributed by atoms with E-state index in [2.05, 4.69) is 19.2 Å². The molecule has 114 valence electrons. The molecule has 1 atom stereocenters. The van der Waals surface area contributed by atoms with Gasteiger partial charge in [-0.25, -0.2) is 0 Å². The fourth-order valence-corrected chi connectivity index (χ4v) is 2.92. The topological polar surface area (TPSA) is 55.1 Å². The standard InChI is InChI=1S/C15H30N2O.ClH/c1-4-10-15(3,16)14(18)17-11-13-8-6-12(5-2)7-9-13;/h12-13H,4-11,16H2,1-3H3,(H,17,18);1H. The third kappa shape index (κ3) is 6.13. The Balaban J connectivity index is 0.00000324. The number of hydrogen-bond acceptors (Lipinski definition) is 2. The summed E-state index contributed by atoms with van der Waals surface area (Å²) in [6.07, 6.45) is 8.17. The number of rotatable bonds is 6. The largest absolute Gasteiger partial charge is 0.354 e. The minimum atomic E-state index is -0.699. The van der Waals surface area contributed by atoms with E-state index < -0.39 is 5.54 Å². The van der Waals surface area contributed by atoms with Crippen molar-refractivity contribution in [3.05, 3.63) is 0 Å². The van der Waals surface area contributed by atoms with Crippen LogP contribution >= 0.6 is 12.4 Å². The molecule has 0 aromatic heterocycles. The van der Waals surface area contributed by atoms with E-state index in [-0.39, 0.29) is 18.3 Å². The van der Waals surface area contributed by atoms with E-state index in [0.717, 1.165) is 25.3 Å². The van der Waals surface area contributed by atoms with E-state index in [1.807, 2.05) is 6.92 Å². The molecule has 1 saturated carbocycles. The molecule has 3 nitrogen and oxygen atoms in total. The van der Waals surface area contributed by atoms with Gasteiger partial charge in [0.05, 0.1) is 5.54 Å². The number of hydrogen-bond donors (Lipinski definition) is 2. The lowest BCUT2D eigenvalue weighted by Gasteiger charge is -2.29. The van der Waals surface area contributed by atoms with Crippen LogP contribution in [0.4, 0.5) is 0 Å². The first-order valence-electron chi connectivity index (χ1n) is 7.56. The van der Waals surface area contributed by atoms with E-state index in [1.165, 1.54) is 32.1 Å². The Morgan fingerprint density at radius 1 is 1.21 bits per heavy atom. The van der Waals surface area contributed by atoms with E-state index in [9.17, 15) is 4.79 Å². The van der Waals surface area contributed by atoms with Crippen molar-refractivity contribution < 1.29 is 4.79 Å². The van der Waals surface area contributed by atoms with Crippen LogP contribution in [-0.4, -0.2) is 18.0 Å². The van der Waals surface area contributed by atoms with Crippen molar-refractivity contribution in [1.29, 1.82) is 0 Å². The molecule has 1 unspecified atom stereocenters. The molecule has 1 aliphatic rings. The van der Waals surface area contributed by atoms with Crippen molar-refractivity contribution in [3.8, 4) is 0 Å². The zero-order valence-electron chi connectivity index (χ0n) is 12.7. The molecule has 0 radical (unpaired) electrons. The van der Waals surface area contributed by atoms with Crippen LogP contribution in [0.1, 0.15) is 65.7 Å². The van der Waals surface area contributed by atoms with Crippen LogP contribution in [-0.2, 0) is 4.79 Å². The van der Waals surface area contributed by atoms with Gasteiger partial charge >= 0.3 is 0 Å². The van der Waals surface area contributed by atoms with Gasteiger partial charge in [0.15, 0.2) is 0 Å². The second-order valence-electron chi connectivity index (χ2n) is 6.17. The SMILES string of the molecule is CCCC(C)(N)C(=O)NCC1CCC(CC)CC1.Cl. The van der Waals surface area contributed by atoms with E-state index >= 15 is 0 Å². The average Bonchev–Trinajstić information content (AvgIpc) is 2.36. The summed E-state index contributed by atoms with van der Waals surface area (Å²) in [7, 11) is 0. The minimum absolute atomic E-state index is 0. The van der Waals surface area contributed by atoms with Crippen LogP contribution in [0.3, 0.4) is 0 Å². The van der Waals surface area contributed by atoms with E-state index in [0.29, 0.717) is 5.92 Å². The predicted molar refractivity (Wildman–Crippen MR) is 83.5 cm³/mol. The molecule has 1 amide bonds. The van der Waals surface area contributed by atoms with Crippen molar-refractivity contribution in [2.24, 2.45) is 17.6 Å². The molecule has 4 heteroatoms. The number of halogens is 1. The maximum atomic E-state index is 12.0. The molecule has 1 fully saturated rings. The molecule has 0 aromatic rings. The molecule has 1 rings (SSSR count). The fourth-order valence-electron chi connectivity index (χ4n) is 2.92. The summed E-state index contributed by atoms with van der Waals surface area (Å²) in [5, 5.41) is 3.05. The van der Waals surface area contributed by atoms with Gasteiger partial charge in [0.1, 0.15) is 0 Å². The lowest BCUT2D eigenvalue weighted by Crippen LogP contribution is -2.52. The zero-order valence-corrected chi connectivity index (χ0v) is 13.5. The summed E-state index contributed by atoms with van der Waals surface area (Å²) in [6, 6.07) is 0. The maximum absolute atomic E-state index is 12.0. The maximum Gasteiger partial charge on any atom is 0.239 e. The molecule has 19 heavy (non-hydrogen) atoms. The van der Waals surface area contributed by atoms with Crippen LogP contribution in [0.15, 0.2) is 0 Å². The van der Waals surface area contributed by atoms with Crippen LogP contribution in [0.5, 0.6) is 0 Å². The van der Waals surface area contributed by atoms with Crippen molar-refractivity contribution in [2.45, 2.75) is 71.3 Å². The quantitative estimate of drug-likeness (QED) is 0.789. The van der Waals surface area contributed by atoms with Crippen LogP contribution < -0.4 is 11.1 Å². The van der Waals surface area contributed by atoms with Gasteiger partial charge in [-0.1, -0.05) is 39.5 Å². The molecule has 0 spiro atoms. The van der Waals surface area contributed by atoms with Gasteiger partial charge in [0, 0.05) is 6.54 Å². The van der Waals surface area contributed by atoms with E-state index in [1.54, 1.807) is 0 Å². The molecule has 1 aliphatic carbocycles. The third-order valence-electron chi connectivity index (χ3n) is 4.38. The summed E-state index contributed by atoms with van der Waals surface area (Å²) in [6.45, 7) is 6.98. The van der Waals surface area contributed by atoms with Gasteiger partial charge in [-0.2, -0.15) is 0 Å². The number of amides is 1. The highest BCUT2D eigenvalue weighted by atomic mass is 35.5. The van der Waals surface area contributed by atoms with Crippen LogP contribution in [0.25, 0.3) is 0 Å². The van der Waals surface area contributed by atoms with Crippen LogP contribution in [0, 0.1) is 11.8 Å². The molecule has 3 N–H and O–H groups in total. The Bertz CT molecular complexity index is 261. The third-order valence-corrected chi connectivity index (χ3v) is 4.38. The second kappa shape index (κ2) is 8.80. The van der Waals surface area contributed by atoms with Crippen molar-refractivity contribution >= 4 is 18.3 Å². The Morgan fingerprint density at radius 3 is 2.21 bits per heavy atom.